The van der Waals surface area contributed by atoms with E-state index in [1.54, 1.807) is 18.2 Å². The summed E-state index contributed by atoms with van der Waals surface area (Å²) in [6, 6.07) is 10.1. The standard InChI is InChI=1S/C20H18F3N3O2/c21-20(22,23)15-6-1-4-14(12-15)5-2-9-25-19(24)26-16-7-8-17-18(13-16)28-11-3-10-27-17/h1,4,6-8,12-13H,3,9-11H2,(H3,24,25,26). The molecule has 146 valence electrons. The molecule has 0 atom stereocenters. The van der Waals surface area contributed by atoms with Crippen molar-refractivity contribution >= 4 is 11.6 Å². The summed E-state index contributed by atoms with van der Waals surface area (Å²) in [7, 11) is 0. The summed E-state index contributed by atoms with van der Waals surface area (Å²) in [4.78, 5) is 4.05. The SMILES string of the molecule is NC(=NCC#Cc1cccc(C(F)(F)F)c1)Nc1ccc2c(c1)OCCCO2. The molecule has 28 heavy (non-hydrogen) atoms. The van der Waals surface area contributed by atoms with Crippen LogP contribution in [0.15, 0.2) is 47.5 Å². The Kier molecular flexibility index (Phi) is 5.94. The summed E-state index contributed by atoms with van der Waals surface area (Å²) >= 11 is 0. The number of aliphatic imine (C=N–C) groups is 1. The zero-order valence-corrected chi connectivity index (χ0v) is 14.8. The van der Waals surface area contributed by atoms with Gasteiger partial charge in [0.2, 0.25) is 0 Å². The van der Waals surface area contributed by atoms with Gasteiger partial charge in [0.1, 0.15) is 6.54 Å². The molecule has 1 heterocycles. The molecule has 0 saturated carbocycles. The number of hydrogen-bond acceptors (Lipinski definition) is 3. The summed E-state index contributed by atoms with van der Waals surface area (Å²) in [5.74, 6) is 6.76. The predicted octanol–water partition coefficient (Wildman–Crippen LogP) is 3.65. The van der Waals surface area contributed by atoms with Crippen LogP contribution in [0.4, 0.5) is 18.9 Å². The van der Waals surface area contributed by atoms with Crippen molar-refractivity contribution in [2.45, 2.75) is 12.6 Å². The monoisotopic (exact) mass is 389 g/mol. The van der Waals surface area contributed by atoms with E-state index in [2.05, 4.69) is 22.2 Å². The average Bonchev–Trinajstić information content (AvgIpc) is 2.90. The smallest absolute Gasteiger partial charge is 0.416 e. The highest BCUT2D eigenvalue weighted by Gasteiger charge is 2.30. The molecule has 5 nitrogen and oxygen atoms in total. The molecule has 0 amide bonds. The van der Waals surface area contributed by atoms with Gasteiger partial charge in [0.15, 0.2) is 17.5 Å². The number of alkyl halides is 3. The Balaban J connectivity index is 1.60. The van der Waals surface area contributed by atoms with Crippen LogP contribution in [-0.2, 0) is 6.18 Å². The maximum absolute atomic E-state index is 12.7. The largest absolute Gasteiger partial charge is 0.490 e. The van der Waals surface area contributed by atoms with Crippen LogP contribution < -0.4 is 20.5 Å². The van der Waals surface area contributed by atoms with Gasteiger partial charge in [-0.3, -0.25) is 0 Å². The molecule has 0 bridgehead atoms. The van der Waals surface area contributed by atoms with Crippen molar-refractivity contribution in [2.24, 2.45) is 10.7 Å². The molecule has 0 radical (unpaired) electrons. The van der Waals surface area contributed by atoms with Crippen LogP contribution >= 0.6 is 0 Å². The van der Waals surface area contributed by atoms with Crippen molar-refractivity contribution in [2.75, 3.05) is 25.1 Å². The van der Waals surface area contributed by atoms with Gasteiger partial charge in [0.05, 0.1) is 18.8 Å². The Hall–Kier alpha value is -3.34. The number of guanidine groups is 1. The molecule has 1 aliphatic rings. The number of rotatable bonds is 2. The van der Waals surface area contributed by atoms with E-state index in [1.807, 2.05) is 0 Å². The van der Waals surface area contributed by atoms with Gasteiger partial charge in [-0.15, -0.1) is 0 Å². The lowest BCUT2D eigenvalue weighted by Crippen LogP contribution is -2.22. The second-order valence-corrected chi connectivity index (χ2v) is 5.92. The van der Waals surface area contributed by atoms with Crippen LogP contribution in [0.1, 0.15) is 17.5 Å². The Morgan fingerprint density at radius 1 is 1.11 bits per heavy atom. The highest BCUT2D eigenvalue weighted by molar-refractivity contribution is 5.92. The fraction of sp³-hybridized carbons (Fsp3) is 0.250. The molecule has 2 aromatic carbocycles. The molecule has 0 spiro atoms. The normalized spacial score (nSPS) is 13.9. The lowest BCUT2D eigenvalue weighted by atomic mass is 10.1. The minimum Gasteiger partial charge on any atom is -0.490 e. The number of benzene rings is 2. The van der Waals surface area contributed by atoms with Crippen LogP contribution in [0.2, 0.25) is 0 Å². The molecule has 0 saturated heterocycles. The molecule has 0 aromatic heterocycles. The first-order valence-electron chi connectivity index (χ1n) is 8.54. The second-order valence-electron chi connectivity index (χ2n) is 5.92. The quantitative estimate of drug-likeness (QED) is 0.467. The van der Waals surface area contributed by atoms with E-state index in [0.29, 0.717) is 30.4 Å². The molecule has 8 heteroatoms. The van der Waals surface area contributed by atoms with E-state index in [-0.39, 0.29) is 18.1 Å². The Morgan fingerprint density at radius 3 is 2.68 bits per heavy atom. The summed E-state index contributed by atoms with van der Waals surface area (Å²) in [5, 5.41) is 2.92. The number of anilines is 1. The third-order valence-corrected chi connectivity index (χ3v) is 3.77. The van der Waals surface area contributed by atoms with Crippen molar-refractivity contribution in [1.29, 1.82) is 0 Å². The summed E-state index contributed by atoms with van der Waals surface area (Å²) < 4.78 is 49.2. The minimum atomic E-state index is -4.40. The van der Waals surface area contributed by atoms with Crippen LogP contribution in [0.3, 0.4) is 0 Å². The van der Waals surface area contributed by atoms with Crippen LogP contribution in [0.25, 0.3) is 0 Å². The number of nitrogens with two attached hydrogens (primary N) is 1. The van der Waals surface area contributed by atoms with Gasteiger partial charge in [-0.2, -0.15) is 13.2 Å². The summed E-state index contributed by atoms with van der Waals surface area (Å²) in [5.41, 5.74) is 6.03. The van der Waals surface area contributed by atoms with E-state index < -0.39 is 11.7 Å². The highest BCUT2D eigenvalue weighted by Crippen LogP contribution is 2.32. The van der Waals surface area contributed by atoms with Gasteiger partial charge in [0, 0.05) is 23.7 Å². The molecule has 3 rings (SSSR count). The Morgan fingerprint density at radius 2 is 1.89 bits per heavy atom. The van der Waals surface area contributed by atoms with Gasteiger partial charge in [-0.1, -0.05) is 17.9 Å². The lowest BCUT2D eigenvalue weighted by molar-refractivity contribution is -0.137. The Bertz CT molecular complexity index is 930. The van der Waals surface area contributed by atoms with Gasteiger partial charge < -0.3 is 20.5 Å². The first kappa shape index (κ1) is 19.4. The van der Waals surface area contributed by atoms with Crippen LogP contribution in [0, 0.1) is 11.8 Å². The molecule has 0 aliphatic carbocycles. The maximum atomic E-state index is 12.7. The second kappa shape index (κ2) is 8.57. The van der Waals surface area contributed by atoms with Gasteiger partial charge in [-0.25, -0.2) is 4.99 Å². The molecule has 0 fully saturated rings. The first-order chi connectivity index (χ1) is 13.4. The predicted molar refractivity (Wildman–Crippen MR) is 100 cm³/mol. The fourth-order valence-corrected chi connectivity index (χ4v) is 2.47. The molecule has 3 N–H and O–H groups in total. The van der Waals surface area contributed by atoms with Crippen molar-refractivity contribution in [3.8, 4) is 23.3 Å². The number of halogens is 3. The zero-order chi connectivity index (χ0) is 20.0. The van der Waals surface area contributed by atoms with E-state index in [0.717, 1.165) is 18.6 Å². The third kappa shape index (κ3) is 5.33. The van der Waals surface area contributed by atoms with Crippen molar-refractivity contribution in [1.82, 2.24) is 0 Å². The van der Waals surface area contributed by atoms with Gasteiger partial charge in [-0.05, 0) is 30.3 Å². The Labute approximate surface area is 160 Å². The minimum absolute atomic E-state index is 0.0413. The van der Waals surface area contributed by atoms with Crippen LogP contribution in [0.5, 0.6) is 11.5 Å². The average molecular weight is 389 g/mol. The molecular weight excluding hydrogens is 371 g/mol. The van der Waals surface area contributed by atoms with Gasteiger partial charge >= 0.3 is 6.18 Å². The highest BCUT2D eigenvalue weighted by atomic mass is 19.4. The van der Waals surface area contributed by atoms with Crippen LogP contribution in [-0.4, -0.2) is 25.7 Å². The number of hydrogen-bond donors (Lipinski definition) is 2. The molecular formula is C20H18F3N3O2. The third-order valence-electron chi connectivity index (χ3n) is 3.77. The zero-order valence-electron chi connectivity index (χ0n) is 14.8. The number of nitrogens with one attached hydrogen (secondary N) is 1. The first-order valence-corrected chi connectivity index (χ1v) is 8.54. The van der Waals surface area contributed by atoms with Crippen molar-refractivity contribution < 1.29 is 22.6 Å². The summed E-state index contributed by atoms with van der Waals surface area (Å²) in [6.07, 6.45) is -3.58. The number of nitrogens with zero attached hydrogens (tertiary/aromatic N) is 1. The van der Waals surface area contributed by atoms with E-state index in [1.165, 1.54) is 12.1 Å². The summed E-state index contributed by atoms with van der Waals surface area (Å²) in [6.45, 7) is 1.22. The molecule has 1 aliphatic heterocycles. The molecule has 0 unspecified atom stereocenters. The fourth-order valence-electron chi connectivity index (χ4n) is 2.47. The lowest BCUT2D eigenvalue weighted by Gasteiger charge is -2.10. The van der Waals surface area contributed by atoms with Crippen molar-refractivity contribution in [3.63, 3.8) is 0 Å². The maximum Gasteiger partial charge on any atom is 0.416 e. The van der Waals surface area contributed by atoms with Crippen molar-refractivity contribution in [3.05, 3.63) is 53.6 Å². The van der Waals surface area contributed by atoms with E-state index >= 15 is 0 Å². The van der Waals surface area contributed by atoms with E-state index in [9.17, 15) is 13.2 Å². The van der Waals surface area contributed by atoms with Gasteiger partial charge in [0.25, 0.3) is 0 Å². The topological polar surface area (TPSA) is 68.9 Å². The molecule has 2 aromatic rings. The number of ether oxygens (including phenoxy) is 2. The van der Waals surface area contributed by atoms with E-state index in [4.69, 9.17) is 15.2 Å². The number of fused-ring (bicyclic) bond motifs is 1.